The van der Waals surface area contributed by atoms with Crippen molar-refractivity contribution in [2.45, 2.75) is 40.0 Å². The van der Waals surface area contributed by atoms with Crippen molar-refractivity contribution in [2.24, 2.45) is 5.41 Å². The van der Waals surface area contributed by atoms with Crippen LogP contribution < -0.4 is 5.32 Å². The molecule has 102 valence electrons. The van der Waals surface area contributed by atoms with Crippen LogP contribution in [-0.2, 0) is 6.42 Å². The van der Waals surface area contributed by atoms with Gasteiger partial charge in [-0.25, -0.2) is 14.4 Å². The van der Waals surface area contributed by atoms with Gasteiger partial charge >= 0.3 is 0 Å². The molecule has 1 heterocycles. The average molecular weight is 255 g/mol. The molecule has 0 aliphatic carbocycles. The summed E-state index contributed by atoms with van der Waals surface area (Å²) in [5.41, 5.74) is 0.194. The summed E-state index contributed by atoms with van der Waals surface area (Å²) in [7, 11) is 0. The molecule has 4 nitrogen and oxygen atoms in total. The molecule has 0 atom stereocenters. The number of nitrogens with zero attached hydrogens (tertiary/aromatic N) is 2. The van der Waals surface area contributed by atoms with Gasteiger partial charge in [0.2, 0.25) is 0 Å². The van der Waals surface area contributed by atoms with E-state index in [0.717, 1.165) is 12.8 Å². The van der Waals surface area contributed by atoms with Crippen LogP contribution in [0.5, 0.6) is 0 Å². The molecule has 0 aliphatic heterocycles. The lowest BCUT2D eigenvalue weighted by Crippen LogP contribution is -2.32. The summed E-state index contributed by atoms with van der Waals surface area (Å²) in [6.45, 7) is 6.49. The van der Waals surface area contributed by atoms with E-state index in [9.17, 15) is 9.50 Å². The van der Waals surface area contributed by atoms with Gasteiger partial charge in [-0.15, -0.1) is 0 Å². The van der Waals surface area contributed by atoms with E-state index in [1.54, 1.807) is 0 Å². The van der Waals surface area contributed by atoms with Gasteiger partial charge < -0.3 is 10.4 Å². The summed E-state index contributed by atoms with van der Waals surface area (Å²) in [5.74, 6) is -0.166. The molecule has 0 unspecified atom stereocenters. The zero-order valence-electron chi connectivity index (χ0n) is 11.3. The highest BCUT2D eigenvalue weighted by Gasteiger charge is 2.25. The Labute approximate surface area is 108 Å². The van der Waals surface area contributed by atoms with Crippen LogP contribution in [0.4, 0.5) is 10.2 Å². The first-order valence-electron chi connectivity index (χ1n) is 6.46. The maximum Gasteiger partial charge on any atom is 0.186 e. The minimum atomic E-state index is -0.390. The number of hydrogen-bond donors (Lipinski definition) is 2. The maximum atomic E-state index is 13.9. The van der Waals surface area contributed by atoms with Crippen LogP contribution in [0.3, 0.4) is 0 Å². The topological polar surface area (TPSA) is 58.0 Å². The molecule has 2 N–H and O–H groups in total. The minimum Gasteiger partial charge on any atom is -0.396 e. The van der Waals surface area contributed by atoms with Crippen LogP contribution in [0.15, 0.2) is 6.33 Å². The molecule has 0 aliphatic rings. The number of nitrogens with one attached hydrogen (secondary N) is 1. The van der Waals surface area contributed by atoms with E-state index in [1.165, 1.54) is 6.33 Å². The lowest BCUT2D eigenvalue weighted by atomic mass is 9.83. The molecular weight excluding hydrogens is 233 g/mol. The molecule has 0 radical (unpaired) electrons. The Hall–Kier alpha value is -1.23. The first-order chi connectivity index (χ1) is 8.62. The normalized spacial score (nSPS) is 11.6. The summed E-state index contributed by atoms with van der Waals surface area (Å²) >= 11 is 0. The third-order valence-corrected chi connectivity index (χ3v) is 3.66. The van der Waals surface area contributed by atoms with Crippen molar-refractivity contribution in [2.75, 3.05) is 18.5 Å². The molecular formula is C13H22FN3O. The third kappa shape index (κ3) is 3.16. The third-order valence-electron chi connectivity index (χ3n) is 3.66. The lowest BCUT2D eigenvalue weighted by molar-refractivity contribution is 0.127. The van der Waals surface area contributed by atoms with Crippen LogP contribution in [0.25, 0.3) is 0 Å². The van der Waals surface area contributed by atoms with E-state index in [2.05, 4.69) is 15.3 Å². The maximum absolute atomic E-state index is 13.9. The van der Waals surface area contributed by atoms with Crippen molar-refractivity contribution in [1.29, 1.82) is 0 Å². The van der Waals surface area contributed by atoms with Crippen LogP contribution in [-0.4, -0.2) is 28.2 Å². The van der Waals surface area contributed by atoms with Gasteiger partial charge in [-0.1, -0.05) is 20.8 Å². The van der Waals surface area contributed by atoms with E-state index in [0.29, 0.717) is 18.7 Å². The zero-order chi connectivity index (χ0) is 13.6. The Morgan fingerprint density at radius 2 is 1.94 bits per heavy atom. The van der Waals surface area contributed by atoms with E-state index < -0.39 is 0 Å². The summed E-state index contributed by atoms with van der Waals surface area (Å²) in [5, 5.41) is 12.5. The van der Waals surface area contributed by atoms with Crippen LogP contribution in [0.1, 0.15) is 39.3 Å². The van der Waals surface area contributed by atoms with Crippen molar-refractivity contribution in [3.05, 3.63) is 17.8 Å². The molecule has 18 heavy (non-hydrogen) atoms. The van der Waals surface area contributed by atoms with Gasteiger partial charge in [0.15, 0.2) is 11.6 Å². The molecule has 0 saturated heterocycles. The molecule has 0 saturated carbocycles. The number of anilines is 1. The average Bonchev–Trinajstić information content (AvgIpc) is 2.42. The van der Waals surface area contributed by atoms with Crippen LogP contribution in [0.2, 0.25) is 0 Å². The van der Waals surface area contributed by atoms with Crippen LogP contribution in [0, 0.1) is 11.2 Å². The number of aliphatic hydroxyl groups excluding tert-OH is 1. The molecule has 0 spiro atoms. The van der Waals surface area contributed by atoms with Gasteiger partial charge in [-0.2, -0.15) is 0 Å². The lowest BCUT2D eigenvalue weighted by Gasteiger charge is -2.29. The van der Waals surface area contributed by atoms with Gasteiger partial charge in [0.1, 0.15) is 6.33 Å². The molecule has 0 fully saturated rings. The SMILES string of the molecule is CCc1ncnc(NCC(CC)(CC)CO)c1F. The molecule has 1 aromatic rings. The molecule has 1 rings (SSSR count). The van der Waals surface area contributed by atoms with E-state index >= 15 is 0 Å². The smallest absolute Gasteiger partial charge is 0.186 e. The largest absolute Gasteiger partial charge is 0.396 e. The standard InChI is InChI=1S/C13H22FN3O/c1-4-10-11(14)12(17-9-16-10)15-7-13(5-2,6-3)8-18/h9,18H,4-8H2,1-3H3,(H,15,16,17). The molecule has 1 aromatic heterocycles. The van der Waals surface area contributed by atoms with Crippen molar-refractivity contribution in [3.63, 3.8) is 0 Å². The van der Waals surface area contributed by atoms with Gasteiger partial charge in [0.25, 0.3) is 0 Å². The second-order valence-corrected chi connectivity index (χ2v) is 4.56. The zero-order valence-corrected chi connectivity index (χ0v) is 11.3. The van der Waals surface area contributed by atoms with Crippen LogP contribution >= 0.6 is 0 Å². The van der Waals surface area contributed by atoms with E-state index in [4.69, 9.17) is 0 Å². The van der Waals surface area contributed by atoms with Crippen molar-refractivity contribution >= 4 is 5.82 Å². The fourth-order valence-corrected chi connectivity index (χ4v) is 1.83. The molecule has 0 amide bonds. The monoisotopic (exact) mass is 255 g/mol. The highest BCUT2D eigenvalue weighted by Crippen LogP contribution is 2.26. The summed E-state index contributed by atoms with van der Waals surface area (Å²) < 4.78 is 13.9. The Morgan fingerprint density at radius 1 is 1.28 bits per heavy atom. The second-order valence-electron chi connectivity index (χ2n) is 4.56. The highest BCUT2D eigenvalue weighted by molar-refractivity contribution is 5.37. The Morgan fingerprint density at radius 3 is 2.44 bits per heavy atom. The molecule has 5 heteroatoms. The van der Waals surface area contributed by atoms with Crippen molar-refractivity contribution in [3.8, 4) is 0 Å². The fraction of sp³-hybridized carbons (Fsp3) is 0.692. The number of aliphatic hydroxyl groups is 1. The number of halogens is 1. The Kier molecular flexibility index (Phi) is 5.47. The molecule has 0 aromatic carbocycles. The Bertz CT molecular complexity index is 372. The van der Waals surface area contributed by atoms with Gasteiger partial charge in [-0.05, 0) is 19.3 Å². The highest BCUT2D eigenvalue weighted by atomic mass is 19.1. The van der Waals surface area contributed by atoms with Crippen molar-refractivity contribution in [1.82, 2.24) is 9.97 Å². The number of rotatable bonds is 7. The quantitative estimate of drug-likeness (QED) is 0.785. The van der Waals surface area contributed by atoms with Gasteiger partial charge in [0, 0.05) is 12.0 Å². The summed E-state index contributed by atoms with van der Waals surface area (Å²) in [6.07, 6.45) is 3.57. The Balaban J connectivity index is 2.79. The fourth-order valence-electron chi connectivity index (χ4n) is 1.83. The number of hydrogen-bond acceptors (Lipinski definition) is 4. The first kappa shape index (κ1) is 14.8. The van der Waals surface area contributed by atoms with Gasteiger partial charge in [0.05, 0.1) is 12.3 Å². The number of aromatic nitrogens is 2. The van der Waals surface area contributed by atoms with E-state index in [-0.39, 0.29) is 23.7 Å². The van der Waals surface area contributed by atoms with Crippen molar-refractivity contribution < 1.29 is 9.50 Å². The minimum absolute atomic E-state index is 0.0837. The molecule has 0 bridgehead atoms. The van der Waals surface area contributed by atoms with Gasteiger partial charge in [-0.3, -0.25) is 0 Å². The second kappa shape index (κ2) is 6.64. The summed E-state index contributed by atoms with van der Waals surface area (Å²) in [4.78, 5) is 7.80. The predicted molar refractivity (Wildman–Crippen MR) is 70.0 cm³/mol. The predicted octanol–water partition coefficient (Wildman–Crippen LogP) is 2.39. The number of aryl methyl sites for hydroxylation is 1. The summed E-state index contributed by atoms with van der Waals surface area (Å²) in [6, 6.07) is 0. The van der Waals surface area contributed by atoms with E-state index in [1.807, 2.05) is 20.8 Å². The first-order valence-corrected chi connectivity index (χ1v) is 6.46.